The number of hydrogen-bond acceptors (Lipinski definition) is 4. The molecule has 1 aromatic carbocycles. The number of halogens is 1. The molecule has 5 heteroatoms. The van der Waals surface area contributed by atoms with Crippen LogP contribution in [0.2, 0.25) is 0 Å². The second-order valence-corrected chi connectivity index (χ2v) is 3.76. The van der Waals surface area contributed by atoms with Gasteiger partial charge in [-0.3, -0.25) is 4.79 Å². The molecule has 1 aliphatic rings. The molecule has 0 amide bonds. The number of nitriles is 1. The maximum atomic E-state index is 13.7. The van der Waals surface area contributed by atoms with Crippen LogP contribution in [0.3, 0.4) is 0 Å². The number of rotatable bonds is 2. The van der Waals surface area contributed by atoms with E-state index in [-0.39, 0.29) is 0 Å². The molecule has 1 atom stereocenters. The molecular weight excluding hydrogens is 223 g/mol. The number of benzene rings is 1. The van der Waals surface area contributed by atoms with E-state index >= 15 is 0 Å². The molecule has 0 bridgehead atoms. The maximum Gasteiger partial charge on any atom is 0.161 e. The zero-order valence-electron chi connectivity index (χ0n) is 9.10. The van der Waals surface area contributed by atoms with Gasteiger partial charge in [-0.1, -0.05) is 0 Å². The van der Waals surface area contributed by atoms with Gasteiger partial charge in [-0.15, -0.1) is 0 Å². The van der Waals surface area contributed by atoms with Crippen molar-refractivity contribution in [3.8, 4) is 6.07 Å². The third-order valence-corrected chi connectivity index (χ3v) is 2.66. The van der Waals surface area contributed by atoms with Crippen molar-refractivity contribution >= 4 is 12.0 Å². The normalized spacial score (nSPS) is 19.8. The Bertz CT molecular complexity index is 470. The predicted octanol–water partition coefficient (Wildman–Crippen LogP) is 1.37. The molecule has 0 saturated carbocycles. The van der Waals surface area contributed by atoms with Crippen molar-refractivity contribution in [1.82, 2.24) is 0 Å². The maximum absolute atomic E-state index is 13.7. The third kappa shape index (κ3) is 2.43. The van der Waals surface area contributed by atoms with Gasteiger partial charge in [-0.25, -0.2) is 4.39 Å². The van der Waals surface area contributed by atoms with Gasteiger partial charge in [-0.05, 0) is 18.2 Å². The van der Waals surface area contributed by atoms with E-state index in [0.717, 1.165) is 0 Å². The van der Waals surface area contributed by atoms with Crippen molar-refractivity contribution in [1.29, 1.82) is 5.26 Å². The van der Waals surface area contributed by atoms with Gasteiger partial charge in [0.1, 0.15) is 12.1 Å². The van der Waals surface area contributed by atoms with E-state index in [9.17, 15) is 9.18 Å². The monoisotopic (exact) mass is 234 g/mol. The first-order valence-corrected chi connectivity index (χ1v) is 5.25. The summed E-state index contributed by atoms with van der Waals surface area (Å²) in [5, 5.41) is 8.77. The molecule has 1 aliphatic heterocycles. The molecule has 2 rings (SSSR count). The minimum Gasteiger partial charge on any atom is -0.363 e. The fourth-order valence-corrected chi connectivity index (χ4v) is 1.80. The van der Waals surface area contributed by atoms with E-state index < -0.39 is 11.9 Å². The van der Waals surface area contributed by atoms with Gasteiger partial charge in [0.25, 0.3) is 0 Å². The molecule has 1 saturated heterocycles. The molecule has 0 radical (unpaired) electrons. The zero-order chi connectivity index (χ0) is 12.3. The van der Waals surface area contributed by atoms with E-state index in [1.54, 1.807) is 17.0 Å². The topological polar surface area (TPSA) is 53.3 Å². The van der Waals surface area contributed by atoms with Crippen LogP contribution in [-0.2, 0) is 4.74 Å². The lowest BCUT2D eigenvalue weighted by Gasteiger charge is -2.31. The summed E-state index contributed by atoms with van der Waals surface area (Å²) in [6.07, 6.45) is 0.0680. The summed E-state index contributed by atoms with van der Waals surface area (Å²) >= 11 is 0. The summed E-state index contributed by atoms with van der Waals surface area (Å²) in [5.41, 5.74) is 0.704. The highest BCUT2D eigenvalue weighted by Gasteiger charge is 2.22. The van der Waals surface area contributed by atoms with Crippen LogP contribution in [0.5, 0.6) is 0 Å². The van der Waals surface area contributed by atoms with Crippen LogP contribution < -0.4 is 4.90 Å². The molecule has 0 N–H and O–H groups in total. The molecule has 1 aromatic rings. The van der Waals surface area contributed by atoms with Crippen LogP contribution >= 0.6 is 0 Å². The van der Waals surface area contributed by atoms with E-state index in [1.807, 2.05) is 6.07 Å². The Morgan fingerprint density at radius 3 is 3.06 bits per heavy atom. The highest BCUT2D eigenvalue weighted by atomic mass is 19.1. The lowest BCUT2D eigenvalue weighted by molar-refractivity contribution is 0.0762. The van der Waals surface area contributed by atoms with Gasteiger partial charge in [0.2, 0.25) is 0 Å². The first-order valence-electron chi connectivity index (χ1n) is 5.25. The molecule has 88 valence electrons. The zero-order valence-corrected chi connectivity index (χ0v) is 9.10. The van der Waals surface area contributed by atoms with Gasteiger partial charge < -0.3 is 9.64 Å². The summed E-state index contributed by atoms with van der Waals surface area (Å²) in [6.45, 7) is 1.27. The largest absolute Gasteiger partial charge is 0.363 e. The third-order valence-electron chi connectivity index (χ3n) is 2.66. The van der Waals surface area contributed by atoms with Gasteiger partial charge in [0.15, 0.2) is 6.10 Å². The van der Waals surface area contributed by atoms with Crippen molar-refractivity contribution < 1.29 is 13.9 Å². The SMILES string of the molecule is N#CC1CN(c2ccc(C=O)cc2F)CCO1. The van der Waals surface area contributed by atoms with Crippen molar-refractivity contribution in [2.45, 2.75) is 6.10 Å². The molecule has 1 heterocycles. The number of carbonyl (C=O) groups is 1. The first kappa shape index (κ1) is 11.6. The highest BCUT2D eigenvalue weighted by Crippen LogP contribution is 2.22. The number of ether oxygens (including phenoxy) is 1. The number of morpholine rings is 1. The fraction of sp³-hybridized carbons (Fsp3) is 0.333. The second kappa shape index (κ2) is 4.93. The second-order valence-electron chi connectivity index (χ2n) is 3.76. The Morgan fingerprint density at radius 1 is 1.59 bits per heavy atom. The average molecular weight is 234 g/mol. The molecule has 1 fully saturated rings. The molecule has 17 heavy (non-hydrogen) atoms. The Hall–Kier alpha value is -1.93. The number of aldehydes is 1. The minimum absolute atomic E-state index is 0.302. The molecular formula is C12H11FN2O2. The molecule has 0 aromatic heterocycles. The van der Waals surface area contributed by atoms with Gasteiger partial charge in [0, 0.05) is 12.1 Å². The minimum atomic E-state index is -0.533. The Labute approximate surface area is 98.2 Å². The predicted molar refractivity (Wildman–Crippen MR) is 59.4 cm³/mol. The van der Waals surface area contributed by atoms with Crippen molar-refractivity contribution in [2.24, 2.45) is 0 Å². The summed E-state index contributed by atoms with van der Waals surface area (Å²) in [5.74, 6) is -0.451. The lowest BCUT2D eigenvalue weighted by atomic mass is 10.2. The van der Waals surface area contributed by atoms with Crippen LogP contribution in [0, 0.1) is 17.1 Å². The number of anilines is 1. The smallest absolute Gasteiger partial charge is 0.161 e. The van der Waals surface area contributed by atoms with Crippen LogP contribution in [-0.4, -0.2) is 32.1 Å². The molecule has 4 nitrogen and oxygen atoms in total. The van der Waals surface area contributed by atoms with Crippen LogP contribution in [0.15, 0.2) is 18.2 Å². The average Bonchev–Trinajstić information content (AvgIpc) is 2.38. The van der Waals surface area contributed by atoms with Crippen molar-refractivity contribution in [3.63, 3.8) is 0 Å². The van der Waals surface area contributed by atoms with Crippen LogP contribution in [0.1, 0.15) is 10.4 Å². The van der Waals surface area contributed by atoms with E-state index in [4.69, 9.17) is 10.00 Å². The Morgan fingerprint density at radius 2 is 2.41 bits per heavy atom. The number of carbonyl (C=O) groups excluding carboxylic acids is 1. The fourth-order valence-electron chi connectivity index (χ4n) is 1.80. The quantitative estimate of drug-likeness (QED) is 0.725. The van der Waals surface area contributed by atoms with Gasteiger partial charge in [0.05, 0.1) is 24.9 Å². The Balaban J connectivity index is 2.22. The summed E-state index contributed by atoms with van der Waals surface area (Å²) < 4.78 is 18.9. The van der Waals surface area contributed by atoms with Gasteiger partial charge >= 0.3 is 0 Å². The number of nitrogens with zero attached hydrogens (tertiary/aromatic N) is 2. The molecule has 1 unspecified atom stereocenters. The molecule has 0 spiro atoms. The van der Waals surface area contributed by atoms with Crippen molar-refractivity contribution in [3.05, 3.63) is 29.6 Å². The van der Waals surface area contributed by atoms with E-state index in [0.29, 0.717) is 37.2 Å². The van der Waals surface area contributed by atoms with Gasteiger partial charge in [-0.2, -0.15) is 5.26 Å². The highest BCUT2D eigenvalue weighted by molar-refractivity contribution is 5.76. The van der Waals surface area contributed by atoms with E-state index in [1.165, 1.54) is 6.07 Å². The summed E-state index contributed by atoms with van der Waals surface area (Å²) in [7, 11) is 0. The van der Waals surface area contributed by atoms with Crippen molar-refractivity contribution in [2.75, 3.05) is 24.6 Å². The molecule has 0 aliphatic carbocycles. The summed E-state index contributed by atoms with van der Waals surface area (Å²) in [4.78, 5) is 12.3. The Kier molecular flexibility index (Phi) is 3.35. The van der Waals surface area contributed by atoms with Crippen LogP contribution in [0.25, 0.3) is 0 Å². The lowest BCUT2D eigenvalue weighted by Crippen LogP contribution is -2.42. The first-order chi connectivity index (χ1) is 8.24. The summed E-state index contributed by atoms with van der Waals surface area (Å²) in [6, 6.07) is 6.31. The van der Waals surface area contributed by atoms with Crippen LogP contribution in [0.4, 0.5) is 10.1 Å². The van der Waals surface area contributed by atoms with E-state index in [2.05, 4.69) is 0 Å². The standard InChI is InChI=1S/C12H11FN2O2/c13-11-5-9(8-16)1-2-12(11)15-3-4-17-10(6-14)7-15/h1-2,5,8,10H,3-4,7H2. The number of hydrogen-bond donors (Lipinski definition) is 0.